The van der Waals surface area contributed by atoms with Crippen LogP contribution >= 0.6 is 0 Å². The maximum atomic E-state index is 11.6. The standard InChI is InChI=1S/C16H17N3O3/c1-10(16(20)21-3)8-19(2)15-14-13(17-9-18-15)11-6-4-5-7-12(11)22-14/h4-7,9-10H,8H2,1-3H3. The zero-order valence-electron chi connectivity index (χ0n) is 12.7. The van der Waals surface area contributed by atoms with Gasteiger partial charge in [0.2, 0.25) is 0 Å². The lowest BCUT2D eigenvalue weighted by Crippen LogP contribution is -2.29. The molecule has 0 saturated carbocycles. The van der Waals surface area contributed by atoms with Crippen molar-refractivity contribution in [2.75, 3.05) is 25.6 Å². The van der Waals surface area contributed by atoms with Crippen LogP contribution in [0.15, 0.2) is 35.0 Å². The highest BCUT2D eigenvalue weighted by molar-refractivity contribution is 6.05. The quantitative estimate of drug-likeness (QED) is 0.690. The number of esters is 1. The zero-order chi connectivity index (χ0) is 15.7. The van der Waals surface area contributed by atoms with Crippen molar-refractivity contribution in [3.05, 3.63) is 30.6 Å². The molecular formula is C16H17N3O3. The highest BCUT2D eigenvalue weighted by Gasteiger charge is 2.20. The predicted octanol–water partition coefficient (Wildman–Crippen LogP) is 2.62. The maximum absolute atomic E-state index is 11.6. The summed E-state index contributed by atoms with van der Waals surface area (Å²) in [7, 11) is 3.26. The smallest absolute Gasteiger partial charge is 0.310 e. The molecule has 0 aliphatic heterocycles. The number of rotatable bonds is 4. The van der Waals surface area contributed by atoms with Crippen LogP contribution < -0.4 is 4.90 Å². The van der Waals surface area contributed by atoms with Gasteiger partial charge < -0.3 is 14.1 Å². The topological polar surface area (TPSA) is 68.5 Å². The second-order valence-corrected chi connectivity index (χ2v) is 5.28. The number of nitrogens with zero attached hydrogens (tertiary/aromatic N) is 3. The Bertz CT molecular complexity index is 828. The molecule has 3 aromatic rings. The third kappa shape index (κ3) is 2.36. The van der Waals surface area contributed by atoms with Gasteiger partial charge in [0.1, 0.15) is 17.4 Å². The number of methoxy groups -OCH3 is 1. The largest absolute Gasteiger partial charge is 0.469 e. The number of para-hydroxylation sites is 1. The van der Waals surface area contributed by atoms with Crippen molar-refractivity contribution in [3.8, 4) is 0 Å². The van der Waals surface area contributed by atoms with Gasteiger partial charge in [-0.3, -0.25) is 4.79 Å². The van der Waals surface area contributed by atoms with E-state index in [4.69, 9.17) is 9.15 Å². The minimum atomic E-state index is -0.260. The molecule has 0 aliphatic rings. The summed E-state index contributed by atoms with van der Waals surface area (Å²) in [6.07, 6.45) is 1.51. The van der Waals surface area contributed by atoms with Crippen LogP contribution in [0.4, 0.5) is 5.82 Å². The van der Waals surface area contributed by atoms with Crippen LogP contribution in [0.25, 0.3) is 22.1 Å². The van der Waals surface area contributed by atoms with Crippen molar-refractivity contribution >= 4 is 33.9 Å². The molecule has 1 aromatic carbocycles. The van der Waals surface area contributed by atoms with Crippen molar-refractivity contribution in [2.45, 2.75) is 6.92 Å². The number of carbonyl (C=O) groups excluding carboxylic acids is 1. The SMILES string of the molecule is COC(=O)C(C)CN(C)c1ncnc2c1oc1ccccc12. The van der Waals surface area contributed by atoms with Gasteiger partial charge in [0.05, 0.1) is 13.0 Å². The number of fused-ring (bicyclic) bond motifs is 3. The van der Waals surface area contributed by atoms with Gasteiger partial charge in [-0.15, -0.1) is 0 Å². The number of hydrogen-bond acceptors (Lipinski definition) is 6. The van der Waals surface area contributed by atoms with E-state index in [1.807, 2.05) is 43.1 Å². The Labute approximate surface area is 127 Å². The summed E-state index contributed by atoms with van der Waals surface area (Å²) in [4.78, 5) is 22.1. The second kappa shape index (κ2) is 5.63. The Morgan fingerprint density at radius 1 is 1.36 bits per heavy atom. The average molecular weight is 299 g/mol. The van der Waals surface area contributed by atoms with E-state index in [-0.39, 0.29) is 11.9 Å². The molecule has 0 amide bonds. The Hall–Kier alpha value is -2.63. The Balaban J connectivity index is 2.01. The Morgan fingerprint density at radius 2 is 2.14 bits per heavy atom. The van der Waals surface area contributed by atoms with Crippen molar-refractivity contribution in [3.63, 3.8) is 0 Å². The number of furan rings is 1. The molecule has 0 spiro atoms. The van der Waals surface area contributed by atoms with Crippen molar-refractivity contribution in [2.24, 2.45) is 5.92 Å². The molecular weight excluding hydrogens is 282 g/mol. The first-order valence-corrected chi connectivity index (χ1v) is 7.03. The Kier molecular flexibility index (Phi) is 3.66. The third-order valence-electron chi connectivity index (χ3n) is 3.65. The van der Waals surface area contributed by atoms with Crippen LogP contribution in [0.1, 0.15) is 6.92 Å². The molecule has 1 atom stereocenters. The number of carbonyl (C=O) groups is 1. The molecule has 0 fully saturated rings. The number of hydrogen-bond donors (Lipinski definition) is 0. The van der Waals surface area contributed by atoms with E-state index in [1.54, 1.807) is 0 Å². The fourth-order valence-corrected chi connectivity index (χ4v) is 2.56. The van der Waals surface area contributed by atoms with Crippen LogP contribution in [-0.2, 0) is 9.53 Å². The summed E-state index contributed by atoms with van der Waals surface area (Å²) in [5.74, 6) is 0.156. The van der Waals surface area contributed by atoms with E-state index < -0.39 is 0 Å². The van der Waals surface area contributed by atoms with E-state index in [0.29, 0.717) is 17.9 Å². The first-order valence-electron chi connectivity index (χ1n) is 7.03. The molecule has 0 saturated heterocycles. The maximum Gasteiger partial charge on any atom is 0.310 e. The van der Waals surface area contributed by atoms with E-state index in [0.717, 1.165) is 16.5 Å². The molecule has 0 N–H and O–H groups in total. The minimum Gasteiger partial charge on any atom is -0.469 e. The summed E-state index contributed by atoms with van der Waals surface area (Å²) in [6, 6.07) is 7.73. The normalized spacial score (nSPS) is 12.5. The van der Waals surface area contributed by atoms with Crippen molar-refractivity contribution < 1.29 is 13.9 Å². The van der Waals surface area contributed by atoms with Crippen LogP contribution in [0, 0.1) is 5.92 Å². The molecule has 22 heavy (non-hydrogen) atoms. The molecule has 2 heterocycles. The van der Waals surface area contributed by atoms with Gasteiger partial charge in [0.15, 0.2) is 11.4 Å². The summed E-state index contributed by atoms with van der Waals surface area (Å²) in [5, 5.41) is 0.954. The lowest BCUT2D eigenvalue weighted by atomic mass is 10.1. The summed E-state index contributed by atoms with van der Waals surface area (Å²) < 4.78 is 10.7. The molecule has 0 aliphatic carbocycles. The van der Waals surface area contributed by atoms with Crippen LogP contribution in [0.3, 0.4) is 0 Å². The van der Waals surface area contributed by atoms with E-state index in [9.17, 15) is 4.79 Å². The van der Waals surface area contributed by atoms with Crippen molar-refractivity contribution in [1.82, 2.24) is 9.97 Å². The third-order valence-corrected chi connectivity index (χ3v) is 3.65. The van der Waals surface area contributed by atoms with E-state index >= 15 is 0 Å². The molecule has 6 nitrogen and oxygen atoms in total. The zero-order valence-corrected chi connectivity index (χ0v) is 12.7. The van der Waals surface area contributed by atoms with Crippen LogP contribution in [0.5, 0.6) is 0 Å². The fraction of sp³-hybridized carbons (Fsp3) is 0.312. The second-order valence-electron chi connectivity index (χ2n) is 5.28. The van der Waals surface area contributed by atoms with Gasteiger partial charge in [-0.25, -0.2) is 9.97 Å². The average Bonchev–Trinajstić information content (AvgIpc) is 2.92. The Morgan fingerprint density at radius 3 is 2.91 bits per heavy atom. The van der Waals surface area contributed by atoms with Crippen LogP contribution in [-0.4, -0.2) is 36.6 Å². The number of ether oxygens (including phenoxy) is 1. The summed E-state index contributed by atoms with van der Waals surface area (Å²) >= 11 is 0. The minimum absolute atomic E-state index is 0.248. The molecule has 114 valence electrons. The van der Waals surface area contributed by atoms with E-state index in [2.05, 4.69) is 9.97 Å². The summed E-state index contributed by atoms with van der Waals surface area (Å²) in [5.41, 5.74) is 2.18. The number of anilines is 1. The molecule has 0 radical (unpaired) electrons. The predicted molar refractivity (Wildman–Crippen MR) is 83.8 cm³/mol. The molecule has 6 heteroatoms. The van der Waals surface area contributed by atoms with Crippen LogP contribution in [0.2, 0.25) is 0 Å². The van der Waals surface area contributed by atoms with Crippen molar-refractivity contribution in [1.29, 1.82) is 0 Å². The highest BCUT2D eigenvalue weighted by atomic mass is 16.5. The first-order chi connectivity index (χ1) is 10.6. The first kappa shape index (κ1) is 14.3. The summed E-state index contributed by atoms with van der Waals surface area (Å²) in [6.45, 7) is 2.30. The fourth-order valence-electron chi connectivity index (χ4n) is 2.56. The lowest BCUT2D eigenvalue weighted by Gasteiger charge is -2.20. The monoisotopic (exact) mass is 299 g/mol. The number of benzene rings is 1. The lowest BCUT2D eigenvalue weighted by molar-refractivity contribution is -0.144. The van der Waals surface area contributed by atoms with Gasteiger partial charge in [-0.2, -0.15) is 0 Å². The van der Waals surface area contributed by atoms with Gasteiger partial charge in [0, 0.05) is 19.0 Å². The van der Waals surface area contributed by atoms with Gasteiger partial charge >= 0.3 is 5.97 Å². The van der Waals surface area contributed by atoms with Gasteiger partial charge in [-0.1, -0.05) is 19.1 Å². The molecule has 3 rings (SSSR count). The molecule has 2 aromatic heterocycles. The highest BCUT2D eigenvalue weighted by Crippen LogP contribution is 2.31. The van der Waals surface area contributed by atoms with Gasteiger partial charge in [-0.05, 0) is 12.1 Å². The van der Waals surface area contributed by atoms with E-state index in [1.165, 1.54) is 13.4 Å². The number of aromatic nitrogens is 2. The molecule has 1 unspecified atom stereocenters. The van der Waals surface area contributed by atoms with Gasteiger partial charge in [0.25, 0.3) is 0 Å². The molecule has 0 bridgehead atoms.